The van der Waals surface area contributed by atoms with Crippen molar-refractivity contribution in [1.29, 1.82) is 0 Å². The van der Waals surface area contributed by atoms with Gasteiger partial charge in [-0.25, -0.2) is 4.39 Å². The number of thioether (sulfide) groups is 1. The molecular formula is C17H12ClFO3S. The molecule has 0 unspecified atom stereocenters. The lowest BCUT2D eigenvalue weighted by Gasteiger charge is -2.17. The zero-order chi connectivity index (χ0) is 16.6. The monoisotopic (exact) mass is 350 g/mol. The minimum atomic E-state index is -0.380. The molecule has 2 aromatic carbocycles. The molecule has 0 aliphatic carbocycles. The molecule has 0 spiro atoms. The summed E-state index contributed by atoms with van der Waals surface area (Å²) in [6.07, 6.45) is 1.68. The molecular weight excluding hydrogens is 339 g/mol. The summed E-state index contributed by atoms with van der Waals surface area (Å²) in [6, 6.07) is 7.62. The predicted octanol–water partition coefficient (Wildman–Crippen LogP) is 4.57. The van der Waals surface area contributed by atoms with Gasteiger partial charge in [-0.1, -0.05) is 17.7 Å². The summed E-state index contributed by atoms with van der Waals surface area (Å²) in [5.41, 5.74) is 1.54. The van der Waals surface area contributed by atoms with E-state index in [0.717, 1.165) is 0 Å². The number of aromatic hydroxyl groups is 1. The van der Waals surface area contributed by atoms with Crippen LogP contribution in [0.4, 0.5) is 4.39 Å². The fourth-order valence-corrected chi connectivity index (χ4v) is 3.62. The van der Waals surface area contributed by atoms with Crippen molar-refractivity contribution in [2.24, 2.45) is 0 Å². The maximum absolute atomic E-state index is 13.7. The van der Waals surface area contributed by atoms with E-state index in [-0.39, 0.29) is 28.1 Å². The molecule has 6 heteroatoms. The molecule has 1 N–H and O–H groups in total. The highest BCUT2D eigenvalue weighted by Crippen LogP contribution is 2.38. The van der Waals surface area contributed by atoms with Crippen LogP contribution in [0.15, 0.2) is 40.8 Å². The molecule has 2 aromatic rings. The van der Waals surface area contributed by atoms with Crippen LogP contribution < -0.4 is 4.74 Å². The van der Waals surface area contributed by atoms with E-state index >= 15 is 0 Å². The largest absolute Gasteiger partial charge is 0.503 e. The van der Waals surface area contributed by atoms with Gasteiger partial charge in [-0.2, -0.15) is 0 Å². The molecule has 118 valence electrons. The van der Waals surface area contributed by atoms with E-state index in [9.17, 15) is 14.3 Å². The van der Waals surface area contributed by atoms with Crippen molar-refractivity contribution in [2.75, 3.05) is 12.9 Å². The SMILES string of the molecule is COc1cc(/C=C2\CSc3c(F)cccc3C2=O)cc(Cl)c1O. The summed E-state index contributed by atoms with van der Waals surface area (Å²) in [5.74, 6) is -0.136. The van der Waals surface area contributed by atoms with Crippen LogP contribution in [0.2, 0.25) is 5.02 Å². The molecule has 0 bridgehead atoms. The summed E-state index contributed by atoms with van der Waals surface area (Å²) in [7, 11) is 1.42. The molecule has 3 rings (SSSR count). The van der Waals surface area contributed by atoms with Crippen molar-refractivity contribution in [2.45, 2.75) is 4.90 Å². The number of hydrogen-bond acceptors (Lipinski definition) is 4. The molecule has 0 saturated carbocycles. The number of hydrogen-bond donors (Lipinski definition) is 1. The highest BCUT2D eigenvalue weighted by molar-refractivity contribution is 7.99. The van der Waals surface area contributed by atoms with E-state index in [1.807, 2.05) is 0 Å². The van der Waals surface area contributed by atoms with Crippen molar-refractivity contribution in [3.8, 4) is 11.5 Å². The minimum absolute atomic E-state index is 0.138. The van der Waals surface area contributed by atoms with Gasteiger partial charge in [0, 0.05) is 16.9 Å². The molecule has 23 heavy (non-hydrogen) atoms. The Hall–Kier alpha value is -1.98. The zero-order valence-electron chi connectivity index (χ0n) is 12.1. The molecule has 1 aliphatic heterocycles. The summed E-state index contributed by atoms with van der Waals surface area (Å²) < 4.78 is 18.8. The average Bonchev–Trinajstić information content (AvgIpc) is 2.54. The number of ether oxygens (including phenoxy) is 1. The molecule has 1 heterocycles. The number of phenolic OH excluding ortho intramolecular Hbond substituents is 1. The van der Waals surface area contributed by atoms with Gasteiger partial charge in [0.05, 0.1) is 17.0 Å². The number of carbonyl (C=O) groups is 1. The van der Waals surface area contributed by atoms with Crippen LogP contribution >= 0.6 is 23.4 Å². The third-order valence-electron chi connectivity index (χ3n) is 3.49. The maximum atomic E-state index is 13.7. The molecule has 0 atom stereocenters. The smallest absolute Gasteiger partial charge is 0.191 e. The second-order valence-corrected chi connectivity index (χ2v) is 6.35. The standard InChI is InChI=1S/C17H12ClFO3S/c1-22-14-7-9(6-12(18)16(14)21)5-10-8-23-17-11(15(10)20)3-2-4-13(17)19/h2-7,21H,8H2,1H3/b10-5+. The fourth-order valence-electron chi connectivity index (χ4n) is 2.36. The van der Waals surface area contributed by atoms with Crippen LogP contribution in [0.25, 0.3) is 6.08 Å². The van der Waals surface area contributed by atoms with Crippen molar-refractivity contribution in [3.63, 3.8) is 0 Å². The first-order valence-corrected chi connectivity index (χ1v) is 8.10. The summed E-state index contributed by atoms with van der Waals surface area (Å²) >= 11 is 7.24. The molecule has 3 nitrogen and oxygen atoms in total. The normalized spacial score (nSPS) is 15.6. The Morgan fingerprint density at radius 1 is 1.39 bits per heavy atom. The Morgan fingerprint density at radius 2 is 2.17 bits per heavy atom. The number of phenols is 1. The topological polar surface area (TPSA) is 46.5 Å². The molecule has 0 aromatic heterocycles. The van der Waals surface area contributed by atoms with Gasteiger partial charge in [-0.3, -0.25) is 4.79 Å². The van der Waals surface area contributed by atoms with Gasteiger partial charge in [-0.15, -0.1) is 11.8 Å². The molecule has 0 amide bonds. The van der Waals surface area contributed by atoms with Crippen LogP contribution in [0.3, 0.4) is 0 Å². The number of ketones is 1. The molecule has 0 radical (unpaired) electrons. The van der Waals surface area contributed by atoms with Gasteiger partial charge in [0.15, 0.2) is 17.3 Å². The van der Waals surface area contributed by atoms with Crippen LogP contribution in [0.1, 0.15) is 15.9 Å². The molecule has 0 fully saturated rings. The van der Waals surface area contributed by atoms with Crippen molar-refractivity contribution >= 4 is 35.2 Å². The van der Waals surface area contributed by atoms with Crippen LogP contribution in [-0.4, -0.2) is 23.8 Å². The number of benzene rings is 2. The van der Waals surface area contributed by atoms with E-state index in [4.69, 9.17) is 16.3 Å². The van der Waals surface area contributed by atoms with E-state index in [0.29, 0.717) is 27.3 Å². The second kappa shape index (κ2) is 6.26. The number of methoxy groups -OCH3 is 1. The fraction of sp³-hybridized carbons (Fsp3) is 0.118. The Bertz CT molecular complexity index is 833. The molecule has 0 saturated heterocycles. The Morgan fingerprint density at radius 3 is 2.91 bits per heavy atom. The predicted molar refractivity (Wildman–Crippen MR) is 89.1 cm³/mol. The van der Waals surface area contributed by atoms with Gasteiger partial charge in [0.25, 0.3) is 0 Å². The average molecular weight is 351 g/mol. The van der Waals surface area contributed by atoms with E-state index in [1.165, 1.54) is 31.0 Å². The maximum Gasteiger partial charge on any atom is 0.191 e. The third kappa shape index (κ3) is 2.94. The van der Waals surface area contributed by atoms with Crippen molar-refractivity contribution in [3.05, 3.63) is 57.9 Å². The number of halogens is 2. The van der Waals surface area contributed by atoms with Crippen LogP contribution in [0.5, 0.6) is 11.5 Å². The highest BCUT2D eigenvalue weighted by Gasteiger charge is 2.24. The van der Waals surface area contributed by atoms with Gasteiger partial charge in [0.2, 0.25) is 0 Å². The van der Waals surface area contributed by atoms with E-state index in [2.05, 4.69) is 0 Å². The third-order valence-corrected chi connectivity index (χ3v) is 4.93. The Labute approximate surface area is 141 Å². The van der Waals surface area contributed by atoms with Gasteiger partial charge in [-0.05, 0) is 35.9 Å². The number of fused-ring (bicyclic) bond motifs is 1. The Balaban J connectivity index is 2.02. The number of carbonyl (C=O) groups excluding carboxylic acids is 1. The summed E-state index contributed by atoms with van der Waals surface area (Å²) in [5, 5.41) is 9.89. The summed E-state index contributed by atoms with van der Waals surface area (Å²) in [6.45, 7) is 0. The van der Waals surface area contributed by atoms with Gasteiger partial charge >= 0.3 is 0 Å². The van der Waals surface area contributed by atoms with Crippen molar-refractivity contribution < 1.29 is 19.0 Å². The quantitative estimate of drug-likeness (QED) is 0.806. The number of Topliss-reactive ketones (excluding diaryl/α,β-unsaturated/α-hetero) is 1. The lowest BCUT2D eigenvalue weighted by Crippen LogP contribution is -2.13. The minimum Gasteiger partial charge on any atom is -0.503 e. The highest BCUT2D eigenvalue weighted by atomic mass is 35.5. The summed E-state index contributed by atoms with van der Waals surface area (Å²) in [4.78, 5) is 12.9. The first-order chi connectivity index (χ1) is 11.0. The first-order valence-electron chi connectivity index (χ1n) is 6.74. The Kier molecular flexibility index (Phi) is 4.33. The first kappa shape index (κ1) is 15.9. The second-order valence-electron chi connectivity index (χ2n) is 4.96. The van der Waals surface area contributed by atoms with Crippen LogP contribution in [0, 0.1) is 5.82 Å². The van der Waals surface area contributed by atoms with Gasteiger partial charge < -0.3 is 9.84 Å². The number of rotatable bonds is 2. The zero-order valence-corrected chi connectivity index (χ0v) is 13.7. The van der Waals surface area contributed by atoms with E-state index in [1.54, 1.807) is 24.3 Å². The van der Waals surface area contributed by atoms with Crippen molar-refractivity contribution in [1.82, 2.24) is 0 Å². The van der Waals surface area contributed by atoms with E-state index < -0.39 is 0 Å². The van der Waals surface area contributed by atoms with Gasteiger partial charge in [0.1, 0.15) is 5.82 Å². The lowest BCUT2D eigenvalue weighted by atomic mass is 10.0. The molecule has 1 aliphatic rings. The van der Waals surface area contributed by atoms with Crippen LogP contribution in [-0.2, 0) is 0 Å². The lowest BCUT2D eigenvalue weighted by molar-refractivity contribution is 0.103.